The van der Waals surface area contributed by atoms with Gasteiger partial charge in [-0.2, -0.15) is 0 Å². The van der Waals surface area contributed by atoms with Crippen molar-refractivity contribution >= 4 is 28.8 Å². The van der Waals surface area contributed by atoms with Crippen molar-refractivity contribution in [3.63, 3.8) is 0 Å². The molecule has 1 aromatic carbocycles. The highest BCUT2D eigenvalue weighted by molar-refractivity contribution is 6.30. The SMILES string of the molecule is COc1ccc(Nc2ncc(Cl)cc2N)c(C)c1. The number of nitrogen functional groups attached to an aromatic ring is 1. The molecule has 5 heteroatoms. The van der Waals surface area contributed by atoms with E-state index < -0.39 is 0 Å². The molecule has 0 unspecified atom stereocenters. The van der Waals surface area contributed by atoms with Gasteiger partial charge in [0, 0.05) is 11.9 Å². The van der Waals surface area contributed by atoms with Crippen LogP contribution < -0.4 is 15.8 Å². The average molecular weight is 264 g/mol. The molecular formula is C13H14ClN3O. The summed E-state index contributed by atoms with van der Waals surface area (Å²) in [5, 5.41) is 3.69. The highest BCUT2D eigenvalue weighted by Gasteiger charge is 2.05. The number of hydrogen-bond donors (Lipinski definition) is 2. The van der Waals surface area contributed by atoms with Gasteiger partial charge >= 0.3 is 0 Å². The first-order chi connectivity index (χ1) is 8.60. The van der Waals surface area contributed by atoms with Gasteiger partial charge in [0.05, 0.1) is 17.8 Å². The van der Waals surface area contributed by atoms with Gasteiger partial charge < -0.3 is 15.8 Å². The summed E-state index contributed by atoms with van der Waals surface area (Å²) in [4.78, 5) is 4.16. The third-order valence-corrected chi connectivity index (χ3v) is 2.78. The number of hydrogen-bond acceptors (Lipinski definition) is 4. The van der Waals surface area contributed by atoms with Gasteiger partial charge in [-0.1, -0.05) is 11.6 Å². The van der Waals surface area contributed by atoms with Crippen LogP contribution in [0.2, 0.25) is 5.02 Å². The maximum Gasteiger partial charge on any atom is 0.153 e. The van der Waals surface area contributed by atoms with Crippen LogP contribution in [0.25, 0.3) is 0 Å². The van der Waals surface area contributed by atoms with Crippen molar-refractivity contribution in [2.75, 3.05) is 18.2 Å². The second kappa shape index (κ2) is 5.14. The Morgan fingerprint density at radius 1 is 1.33 bits per heavy atom. The van der Waals surface area contributed by atoms with Gasteiger partial charge in [0.25, 0.3) is 0 Å². The van der Waals surface area contributed by atoms with Crippen LogP contribution in [-0.2, 0) is 0 Å². The fourth-order valence-electron chi connectivity index (χ4n) is 1.59. The van der Waals surface area contributed by atoms with Gasteiger partial charge in [-0.05, 0) is 36.8 Å². The Morgan fingerprint density at radius 3 is 2.72 bits per heavy atom. The van der Waals surface area contributed by atoms with E-state index in [9.17, 15) is 0 Å². The molecule has 3 N–H and O–H groups in total. The number of nitrogens with one attached hydrogen (secondary N) is 1. The monoisotopic (exact) mass is 263 g/mol. The minimum atomic E-state index is 0.512. The molecule has 0 aliphatic heterocycles. The number of aromatic nitrogens is 1. The maximum absolute atomic E-state index is 5.84. The van der Waals surface area contributed by atoms with Gasteiger partial charge in [-0.3, -0.25) is 0 Å². The number of nitrogens with zero attached hydrogens (tertiary/aromatic N) is 1. The summed E-state index contributed by atoms with van der Waals surface area (Å²) in [6.07, 6.45) is 1.55. The van der Waals surface area contributed by atoms with E-state index >= 15 is 0 Å². The zero-order chi connectivity index (χ0) is 13.1. The molecule has 2 aromatic rings. The minimum Gasteiger partial charge on any atom is -0.497 e. The Morgan fingerprint density at radius 2 is 2.11 bits per heavy atom. The molecule has 0 bridgehead atoms. The molecule has 1 aromatic heterocycles. The van der Waals surface area contributed by atoms with Crippen LogP contribution in [0.3, 0.4) is 0 Å². The van der Waals surface area contributed by atoms with Crippen LogP contribution in [0.4, 0.5) is 17.2 Å². The van der Waals surface area contributed by atoms with Crippen LogP contribution in [0.5, 0.6) is 5.75 Å². The molecule has 0 aliphatic rings. The first-order valence-corrected chi connectivity index (χ1v) is 5.80. The van der Waals surface area contributed by atoms with E-state index in [-0.39, 0.29) is 0 Å². The summed E-state index contributed by atoms with van der Waals surface area (Å²) in [7, 11) is 1.64. The number of nitrogens with two attached hydrogens (primary N) is 1. The lowest BCUT2D eigenvalue weighted by Crippen LogP contribution is -2.00. The standard InChI is InChI=1S/C13H14ClN3O/c1-8-5-10(18-2)3-4-12(8)17-13-11(15)6-9(14)7-16-13/h3-7H,15H2,1-2H3,(H,16,17). The minimum absolute atomic E-state index is 0.512. The molecule has 18 heavy (non-hydrogen) atoms. The predicted molar refractivity (Wildman–Crippen MR) is 74.7 cm³/mol. The van der Waals surface area contributed by atoms with Crippen LogP contribution in [0.1, 0.15) is 5.56 Å². The smallest absolute Gasteiger partial charge is 0.153 e. The van der Waals surface area contributed by atoms with Gasteiger partial charge in [-0.25, -0.2) is 4.98 Å². The van der Waals surface area contributed by atoms with Crippen molar-refractivity contribution in [1.82, 2.24) is 4.98 Å². The molecule has 0 amide bonds. The van der Waals surface area contributed by atoms with E-state index in [1.807, 2.05) is 25.1 Å². The Balaban J connectivity index is 2.28. The summed E-state index contributed by atoms with van der Waals surface area (Å²) >= 11 is 5.80. The van der Waals surface area contributed by atoms with Crippen LogP contribution in [-0.4, -0.2) is 12.1 Å². The molecule has 0 fully saturated rings. The number of halogens is 1. The summed E-state index contributed by atoms with van der Waals surface area (Å²) in [6.45, 7) is 1.98. The van der Waals surface area contributed by atoms with Crippen molar-refractivity contribution in [2.45, 2.75) is 6.92 Å². The lowest BCUT2D eigenvalue weighted by molar-refractivity contribution is 0.414. The average Bonchev–Trinajstić information content (AvgIpc) is 2.34. The molecule has 2 rings (SSSR count). The lowest BCUT2D eigenvalue weighted by atomic mass is 10.2. The van der Waals surface area contributed by atoms with E-state index in [1.165, 1.54) is 0 Å². The van der Waals surface area contributed by atoms with Crippen LogP contribution >= 0.6 is 11.6 Å². The Bertz CT molecular complexity index is 572. The number of methoxy groups -OCH3 is 1. The van der Waals surface area contributed by atoms with E-state index in [1.54, 1.807) is 19.4 Å². The topological polar surface area (TPSA) is 60.2 Å². The summed E-state index contributed by atoms with van der Waals surface area (Å²) in [6, 6.07) is 7.40. The molecule has 0 aliphatic carbocycles. The Kier molecular flexibility index (Phi) is 3.58. The second-order valence-electron chi connectivity index (χ2n) is 3.90. The van der Waals surface area contributed by atoms with Crippen molar-refractivity contribution in [2.24, 2.45) is 0 Å². The number of ether oxygens (including phenoxy) is 1. The third-order valence-electron chi connectivity index (χ3n) is 2.57. The first kappa shape index (κ1) is 12.5. The largest absolute Gasteiger partial charge is 0.497 e. The van der Waals surface area contributed by atoms with Gasteiger partial charge in [0.15, 0.2) is 5.82 Å². The van der Waals surface area contributed by atoms with Crippen LogP contribution in [0, 0.1) is 6.92 Å². The number of pyridine rings is 1. The maximum atomic E-state index is 5.84. The summed E-state index contributed by atoms with van der Waals surface area (Å²) < 4.78 is 5.15. The number of benzene rings is 1. The normalized spacial score (nSPS) is 10.2. The molecule has 1 heterocycles. The van der Waals surface area contributed by atoms with Crippen molar-refractivity contribution < 1.29 is 4.74 Å². The summed E-state index contributed by atoms with van der Waals surface area (Å²) in [5.74, 6) is 1.41. The van der Waals surface area contributed by atoms with Crippen molar-refractivity contribution in [1.29, 1.82) is 0 Å². The Labute approximate surface area is 111 Å². The van der Waals surface area contributed by atoms with E-state index in [0.717, 1.165) is 17.0 Å². The zero-order valence-electron chi connectivity index (χ0n) is 10.2. The highest BCUT2D eigenvalue weighted by atomic mass is 35.5. The number of aryl methyl sites for hydroxylation is 1. The fraction of sp³-hybridized carbons (Fsp3) is 0.154. The van der Waals surface area contributed by atoms with E-state index in [4.69, 9.17) is 22.1 Å². The van der Waals surface area contributed by atoms with Crippen molar-refractivity contribution in [3.05, 3.63) is 41.0 Å². The number of rotatable bonds is 3. The quantitative estimate of drug-likeness (QED) is 0.891. The molecule has 4 nitrogen and oxygen atoms in total. The van der Waals surface area contributed by atoms with E-state index in [0.29, 0.717) is 16.5 Å². The molecule has 0 radical (unpaired) electrons. The van der Waals surface area contributed by atoms with E-state index in [2.05, 4.69) is 10.3 Å². The molecule has 0 saturated carbocycles. The molecule has 0 saturated heterocycles. The van der Waals surface area contributed by atoms with Gasteiger partial charge in [0.2, 0.25) is 0 Å². The fourth-order valence-corrected chi connectivity index (χ4v) is 1.76. The number of anilines is 3. The van der Waals surface area contributed by atoms with Crippen molar-refractivity contribution in [3.8, 4) is 5.75 Å². The van der Waals surface area contributed by atoms with Gasteiger partial charge in [0.1, 0.15) is 5.75 Å². The highest BCUT2D eigenvalue weighted by Crippen LogP contribution is 2.27. The molecule has 0 atom stereocenters. The first-order valence-electron chi connectivity index (χ1n) is 5.43. The van der Waals surface area contributed by atoms with Crippen LogP contribution in [0.15, 0.2) is 30.5 Å². The molecule has 94 valence electrons. The second-order valence-corrected chi connectivity index (χ2v) is 4.33. The lowest BCUT2D eigenvalue weighted by Gasteiger charge is -2.11. The predicted octanol–water partition coefficient (Wildman–Crippen LogP) is 3.38. The van der Waals surface area contributed by atoms with Gasteiger partial charge in [-0.15, -0.1) is 0 Å². The zero-order valence-corrected chi connectivity index (χ0v) is 11.0. The molecular weight excluding hydrogens is 250 g/mol. The Hall–Kier alpha value is -1.94. The summed E-state index contributed by atoms with van der Waals surface area (Å²) in [5.41, 5.74) is 8.33. The third kappa shape index (κ3) is 2.65. The molecule has 0 spiro atoms.